The molecule has 1 rings (SSSR count). The third-order valence-corrected chi connectivity index (χ3v) is 2.48. The number of nitrogen functional groups attached to an aromatic ring is 1. The maximum atomic E-state index is 5.99. The number of nitrogens with zero attached hydrogens (tertiary/aromatic N) is 3. The lowest BCUT2D eigenvalue weighted by molar-refractivity contribution is 0.262. The van der Waals surface area contributed by atoms with Gasteiger partial charge in [0, 0.05) is 6.54 Å². The molecule has 0 fully saturated rings. The smallest absolute Gasteiger partial charge is 0.242 e. The van der Waals surface area contributed by atoms with Crippen LogP contribution in [0, 0.1) is 5.92 Å². The number of ether oxygens (including phenoxy) is 1. The van der Waals surface area contributed by atoms with Crippen molar-refractivity contribution in [2.45, 2.75) is 20.3 Å². The molecule has 0 aromatic carbocycles. The molecule has 6 heteroatoms. The molecule has 0 amide bonds. The van der Waals surface area contributed by atoms with E-state index in [1.807, 2.05) is 0 Å². The van der Waals surface area contributed by atoms with Gasteiger partial charge < -0.3 is 20.7 Å². The molecule has 0 bridgehead atoms. The van der Waals surface area contributed by atoms with Crippen LogP contribution in [0.25, 0.3) is 0 Å². The van der Waals surface area contributed by atoms with Crippen molar-refractivity contribution in [3.8, 4) is 5.88 Å². The van der Waals surface area contributed by atoms with Gasteiger partial charge in [0.1, 0.15) is 12.0 Å². The summed E-state index contributed by atoms with van der Waals surface area (Å²) >= 11 is 0. The molecule has 0 saturated heterocycles. The molecule has 0 unspecified atom stereocenters. The third-order valence-electron chi connectivity index (χ3n) is 2.48. The Kier molecular flexibility index (Phi) is 6.35. The lowest BCUT2D eigenvalue weighted by atomic mass is 10.2. The van der Waals surface area contributed by atoms with Crippen LogP contribution in [0.3, 0.4) is 0 Å². The summed E-state index contributed by atoms with van der Waals surface area (Å²) in [5.74, 6) is 1.54. The van der Waals surface area contributed by atoms with Crippen LogP contribution in [-0.2, 0) is 0 Å². The third kappa shape index (κ3) is 5.74. The van der Waals surface area contributed by atoms with Crippen LogP contribution >= 0.6 is 0 Å². The fourth-order valence-electron chi connectivity index (χ4n) is 1.48. The van der Waals surface area contributed by atoms with Crippen molar-refractivity contribution in [3.05, 3.63) is 6.33 Å². The van der Waals surface area contributed by atoms with Gasteiger partial charge in [-0.05, 0) is 33.0 Å². The predicted octanol–water partition coefficient (Wildman–Crippen LogP) is 1.46. The average molecular weight is 267 g/mol. The topological polar surface area (TPSA) is 76.3 Å². The maximum Gasteiger partial charge on any atom is 0.242 e. The minimum Gasteiger partial charge on any atom is -0.476 e. The molecule has 1 aromatic heterocycles. The standard InChI is InChI=1S/C13H25N5O/c1-10(2)8-19-13-11(14)12(16-9-17-13)15-6-5-7-18(3)4/h9-10H,5-8,14H2,1-4H3,(H,15,16,17). The van der Waals surface area contributed by atoms with Gasteiger partial charge in [0.15, 0.2) is 5.82 Å². The zero-order chi connectivity index (χ0) is 14.3. The van der Waals surface area contributed by atoms with E-state index in [0.717, 1.165) is 19.5 Å². The molecule has 0 atom stereocenters. The largest absolute Gasteiger partial charge is 0.476 e. The Bertz CT molecular complexity index is 381. The van der Waals surface area contributed by atoms with Crippen LogP contribution in [0.5, 0.6) is 5.88 Å². The highest BCUT2D eigenvalue weighted by Crippen LogP contribution is 2.24. The molecule has 1 heterocycles. The van der Waals surface area contributed by atoms with Gasteiger partial charge in [-0.2, -0.15) is 4.98 Å². The highest BCUT2D eigenvalue weighted by molar-refractivity contribution is 5.66. The van der Waals surface area contributed by atoms with Crippen molar-refractivity contribution < 1.29 is 4.74 Å². The van der Waals surface area contributed by atoms with Crippen molar-refractivity contribution in [2.75, 3.05) is 44.8 Å². The van der Waals surface area contributed by atoms with Gasteiger partial charge in [0.25, 0.3) is 0 Å². The van der Waals surface area contributed by atoms with E-state index < -0.39 is 0 Å². The molecule has 0 radical (unpaired) electrons. The van der Waals surface area contributed by atoms with Crippen molar-refractivity contribution >= 4 is 11.5 Å². The second-order valence-corrected chi connectivity index (χ2v) is 5.23. The fraction of sp³-hybridized carbons (Fsp3) is 0.692. The predicted molar refractivity (Wildman–Crippen MR) is 78.4 cm³/mol. The molecule has 108 valence electrons. The highest BCUT2D eigenvalue weighted by atomic mass is 16.5. The van der Waals surface area contributed by atoms with Crippen LogP contribution in [0.2, 0.25) is 0 Å². The normalized spacial score (nSPS) is 11.1. The van der Waals surface area contributed by atoms with E-state index in [-0.39, 0.29) is 0 Å². The summed E-state index contributed by atoms with van der Waals surface area (Å²) in [6, 6.07) is 0. The van der Waals surface area contributed by atoms with E-state index in [0.29, 0.717) is 29.9 Å². The first-order valence-electron chi connectivity index (χ1n) is 6.62. The zero-order valence-corrected chi connectivity index (χ0v) is 12.3. The van der Waals surface area contributed by atoms with Crippen LogP contribution in [0.4, 0.5) is 11.5 Å². The number of anilines is 2. The number of nitrogens with one attached hydrogen (secondary N) is 1. The Labute approximate surface area is 115 Å². The lowest BCUT2D eigenvalue weighted by Gasteiger charge is -2.13. The Balaban J connectivity index is 2.51. The molecule has 0 aliphatic carbocycles. The second kappa shape index (κ2) is 7.78. The summed E-state index contributed by atoms with van der Waals surface area (Å²) < 4.78 is 5.56. The summed E-state index contributed by atoms with van der Waals surface area (Å²) in [4.78, 5) is 10.3. The van der Waals surface area contributed by atoms with Crippen molar-refractivity contribution in [3.63, 3.8) is 0 Å². The molecule has 3 N–H and O–H groups in total. The van der Waals surface area contributed by atoms with Crippen LogP contribution in [0.1, 0.15) is 20.3 Å². The van der Waals surface area contributed by atoms with Crippen LogP contribution < -0.4 is 15.8 Å². The molecule has 0 saturated carbocycles. The Morgan fingerprint density at radius 3 is 2.74 bits per heavy atom. The SMILES string of the molecule is CC(C)COc1ncnc(NCCCN(C)C)c1N. The average Bonchev–Trinajstić information content (AvgIpc) is 2.34. The minimum atomic E-state index is 0.436. The van der Waals surface area contributed by atoms with Gasteiger partial charge in [0.2, 0.25) is 5.88 Å². The number of hydrogen-bond donors (Lipinski definition) is 2. The summed E-state index contributed by atoms with van der Waals surface area (Å²) in [6.45, 7) is 6.61. The molecule has 1 aromatic rings. The van der Waals surface area contributed by atoms with Crippen molar-refractivity contribution in [2.24, 2.45) is 5.92 Å². The van der Waals surface area contributed by atoms with Crippen molar-refractivity contribution in [1.82, 2.24) is 14.9 Å². The van der Waals surface area contributed by atoms with Crippen LogP contribution in [-0.4, -0.2) is 48.7 Å². The summed E-state index contributed by atoms with van der Waals surface area (Å²) in [7, 11) is 4.10. The van der Waals surface area contributed by atoms with E-state index in [1.54, 1.807) is 0 Å². The van der Waals surface area contributed by atoms with E-state index >= 15 is 0 Å². The van der Waals surface area contributed by atoms with E-state index in [9.17, 15) is 0 Å². The molecular formula is C13H25N5O. The number of nitrogens with two attached hydrogens (primary N) is 1. The maximum absolute atomic E-state index is 5.99. The first kappa shape index (κ1) is 15.5. The van der Waals surface area contributed by atoms with Gasteiger partial charge in [-0.25, -0.2) is 4.98 Å². The molecule has 0 aliphatic rings. The van der Waals surface area contributed by atoms with E-state index in [4.69, 9.17) is 10.5 Å². The van der Waals surface area contributed by atoms with Gasteiger partial charge in [0.05, 0.1) is 6.61 Å². The summed E-state index contributed by atoms with van der Waals surface area (Å²) in [5, 5.41) is 3.21. The monoisotopic (exact) mass is 267 g/mol. The van der Waals surface area contributed by atoms with Gasteiger partial charge in [-0.15, -0.1) is 0 Å². The number of aromatic nitrogens is 2. The number of rotatable bonds is 8. The molecule has 19 heavy (non-hydrogen) atoms. The molecule has 0 aliphatic heterocycles. The second-order valence-electron chi connectivity index (χ2n) is 5.23. The minimum absolute atomic E-state index is 0.436. The molecular weight excluding hydrogens is 242 g/mol. The first-order valence-corrected chi connectivity index (χ1v) is 6.62. The Morgan fingerprint density at radius 2 is 2.11 bits per heavy atom. The van der Waals surface area contributed by atoms with Crippen molar-refractivity contribution in [1.29, 1.82) is 0 Å². The fourth-order valence-corrected chi connectivity index (χ4v) is 1.48. The quantitative estimate of drug-likeness (QED) is 0.694. The van der Waals surface area contributed by atoms with Crippen LogP contribution in [0.15, 0.2) is 6.33 Å². The molecule has 0 spiro atoms. The Hall–Kier alpha value is -1.56. The lowest BCUT2D eigenvalue weighted by Crippen LogP contribution is -2.17. The first-order chi connectivity index (χ1) is 9.00. The zero-order valence-electron chi connectivity index (χ0n) is 12.3. The number of hydrogen-bond acceptors (Lipinski definition) is 6. The van der Waals surface area contributed by atoms with Gasteiger partial charge >= 0.3 is 0 Å². The van der Waals surface area contributed by atoms with Gasteiger partial charge in [-0.1, -0.05) is 13.8 Å². The summed E-state index contributed by atoms with van der Waals surface area (Å²) in [5.41, 5.74) is 6.47. The van der Waals surface area contributed by atoms with E-state index in [2.05, 4.69) is 48.1 Å². The van der Waals surface area contributed by atoms with E-state index in [1.165, 1.54) is 6.33 Å². The Morgan fingerprint density at radius 1 is 1.37 bits per heavy atom. The molecule has 6 nitrogen and oxygen atoms in total. The summed E-state index contributed by atoms with van der Waals surface area (Å²) in [6.07, 6.45) is 2.50. The van der Waals surface area contributed by atoms with Gasteiger partial charge in [-0.3, -0.25) is 0 Å². The highest BCUT2D eigenvalue weighted by Gasteiger charge is 2.09.